The fourth-order valence-corrected chi connectivity index (χ4v) is 2.78. The second-order valence-electron chi connectivity index (χ2n) is 4.58. The molecule has 0 radical (unpaired) electrons. The molecule has 0 amide bonds. The van der Waals surface area contributed by atoms with E-state index in [1.165, 1.54) is 0 Å². The van der Waals surface area contributed by atoms with Gasteiger partial charge in [-0.05, 0) is 24.6 Å². The lowest BCUT2D eigenvalue weighted by Gasteiger charge is -2.02. The van der Waals surface area contributed by atoms with Gasteiger partial charge in [0.15, 0.2) is 0 Å². The van der Waals surface area contributed by atoms with Crippen molar-refractivity contribution >= 4 is 22.9 Å². The van der Waals surface area contributed by atoms with Crippen LogP contribution in [0, 0.1) is 6.92 Å². The first-order valence-electron chi connectivity index (χ1n) is 6.61. The monoisotopic (exact) mass is 310 g/mol. The van der Waals surface area contributed by atoms with Crippen LogP contribution in [0.2, 0.25) is 5.02 Å². The Bertz CT molecular complexity index is 557. The number of halogens is 1. The molecule has 20 heavy (non-hydrogen) atoms. The minimum atomic E-state index is 0.743. The van der Waals surface area contributed by atoms with Crippen LogP contribution in [0.1, 0.15) is 10.6 Å². The van der Waals surface area contributed by atoms with Crippen LogP contribution in [0.4, 0.5) is 0 Å². The molecule has 2 aromatic rings. The lowest BCUT2D eigenvalue weighted by molar-refractivity contribution is 0.199. The van der Waals surface area contributed by atoms with Gasteiger partial charge in [0.25, 0.3) is 0 Å². The average molecular weight is 311 g/mol. The summed E-state index contributed by atoms with van der Waals surface area (Å²) in [4.78, 5) is 4.67. The highest BCUT2D eigenvalue weighted by atomic mass is 35.5. The zero-order valence-electron chi connectivity index (χ0n) is 11.8. The molecule has 0 saturated heterocycles. The number of nitrogens with one attached hydrogen (secondary N) is 1. The third kappa shape index (κ3) is 4.28. The maximum atomic E-state index is 6.05. The third-order valence-corrected chi connectivity index (χ3v) is 4.34. The molecule has 0 spiro atoms. The lowest BCUT2D eigenvalue weighted by Crippen LogP contribution is -2.21. The van der Waals surface area contributed by atoms with Gasteiger partial charge in [-0.1, -0.05) is 17.7 Å². The number of rotatable bonds is 7. The summed E-state index contributed by atoms with van der Waals surface area (Å²) in [6.45, 7) is 4.56. The molecule has 1 N–H and O–H groups in total. The zero-order valence-corrected chi connectivity index (χ0v) is 13.4. The van der Waals surface area contributed by atoms with E-state index >= 15 is 0 Å². The van der Waals surface area contributed by atoms with Crippen molar-refractivity contribution in [3.05, 3.63) is 39.2 Å². The van der Waals surface area contributed by atoms with E-state index in [4.69, 9.17) is 16.3 Å². The van der Waals surface area contributed by atoms with Gasteiger partial charge in [0.2, 0.25) is 0 Å². The fourth-order valence-electron chi connectivity index (χ4n) is 1.86. The number of hydrogen-bond donors (Lipinski definition) is 1. The minimum absolute atomic E-state index is 0.743. The highest BCUT2D eigenvalue weighted by molar-refractivity contribution is 7.09. The van der Waals surface area contributed by atoms with Crippen molar-refractivity contribution in [1.82, 2.24) is 10.3 Å². The van der Waals surface area contributed by atoms with E-state index in [1.54, 1.807) is 18.4 Å². The van der Waals surface area contributed by atoms with Crippen molar-refractivity contribution < 1.29 is 4.74 Å². The van der Waals surface area contributed by atoms with Gasteiger partial charge >= 0.3 is 0 Å². The van der Waals surface area contributed by atoms with Crippen LogP contribution >= 0.6 is 22.9 Å². The van der Waals surface area contributed by atoms with Gasteiger partial charge in [-0.15, -0.1) is 11.3 Å². The predicted molar refractivity (Wildman–Crippen MR) is 85.7 cm³/mol. The molecule has 0 fully saturated rings. The maximum Gasteiger partial charge on any atom is 0.0945 e. The van der Waals surface area contributed by atoms with Crippen molar-refractivity contribution in [3.63, 3.8) is 0 Å². The van der Waals surface area contributed by atoms with E-state index in [-0.39, 0.29) is 0 Å². The van der Waals surface area contributed by atoms with Gasteiger partial charge in [-0.25, -0.2) is 4.98 Å². The summed E-state index contributed by atoms with van der Waals surface area (Å²) in [6.07, 6.45) is 0.945. The molecule has 0 aliphatic heterocycles. The number of thiazole rings is 1. The number of hydrogen-bond acceptors (Lipinski definition) is 4. The van der Waals surface area contributed by atoms with E-state index in [0.717, 1.165) is 53.0 Å². The van der Waals surface area contributed by atoms with E-state index in [1.807, 2.05) is 19.1 Å². The van der Waals surface area contributed by atoms with Crippen molar-refractivity contribution in [2.45, 2.75) is 13.3 Å². The van der Waals surface area contributed by atoms with Gasteiger partial charge in [-0.2, -0.15) is 0 Å². The Kier molecular flexibility index (Phi) is 5.98. The van der Waals surface area contributed by atoms with Gasteiger partial charge in [0.1, 0.15) is 0 Å². The van der Waals surface area contributed by atoms with Gasteiger partial charge in [0.05, 0.1) is 17.3 Å². The van der Waals surface area contributed by atoms with Crippen LogP contribution in [0.5, 0.6) is 0 Å². The second kappa shape index (κ2) is 7.74. The molecule has 5 heteroatoms. The van der Waals surface area contributed by atoms with Crippen molar-refractivity contribution in [1.29, 1.82) is 0 Å². The normalized spacial score (nSPS) is 10.9. The Morgan fingerprint density at radius 1 is 1.35 bits per heavy atom. The minimum Gasteiger partial charge on any atom is -0.383 e. The molecule has 0 unspecified atom stereocenters. The number of nitrogens with zero attached hydrogens (tertiary/aromatic N) is 1. The van der Waals surface area contributed by atoms with Crippen molar-refractivity contribution in [2.75, 3.05) is 26.8 Å². The van der Waals surface area contributed by atoms with Crippen LogP contribution < -0.4 is 5.32 Å². The first kappa shape index (κ1) is 15.4. The Hall–Kier alpha value is -0.940. The molecule has 0 aliphatic rings. The topological polar surface area (TPSA) is 34.1 Å². The fraction of sp³-hybridized carbons (Fsp3) is 0.400. The molecule has 0 atom stereocenters. The number of ether oxygens (including phenoxy) is 1. The predicted octanol–water partition coefficient (Wildman–Crippen LogP) is 3.55. The lowest BCUT2D eigenvalue weighted by atomic mass is 10.1. The van der Waals surface area contributed by atoms with Crippen molar-refractivity contribution in [3.8, 4) is 11.3 Å². The van der Waals surface area contributed by atoms with Crippen LogP contribution in [0.3, 0.4) is 0 Å². The molecule has 1 heterocycles. The first-order valence-corrected chi connectivity index (χ1v) is 7.87. The number of aromatic nitrogens is 1. The smallest absolute Gasteiger partial charge is 0.0945 e. The first-order chi connectivity index (χ1) is 9.70. The Labute approximate surface area is 129 Å². The van der Waals surface area contributed by atoms with Crippen LogP contribution in [0.15, 0.2) is 23.6 Å². The summed E-state index contributed by atoms with van der Waals surface area (Å²) in [5.41, 5.74) is 3.24. The zero-order chi connectivity index (χ0) is 14.4. The molecule has 0 aliphatic carbocycles. The molecule has 3 nitrogen and oxygen atoms in total. The summed E-state index contributed by atoms with van der Waals surface area (Å²) in [7, 11) is 1.71. The Morgan fingerprint density at radius 2 is 2.20 bits per heavy atom. The highest BCUT2D eigenvalue weighted by Crippen LogP contribution is 2.26. The molecule has 0 bridgehead atoms. The number of benzene rings is 1. The number of aryl methyl sites for hydroxylation is 1. The van der Waals surface area contributed by atoms with Crippen LogP contribution in [0.25, 0.3) is 11.3 Å². The van der Waals surface area contributed by atoms with Crippen LogP contribution in [-0.2, 0) is 11.2 Å². The highest BCUT2D eigenvalue weighted by Gasteiger charge is 2.06. The SMILES string of the molecule is COCCNCCc1nc(-c2ccc(Cl)c(C)c2)cs1. The molecule has 108 valence electrons. The standard InChI is InChI=1S/C15H19ClN2OS/c1-11-9-12(3-4-13(11)16)14-10-20-15(18-14)5-6-17-7-8-19-2/h3-4,9-10,17H,5-8H2,1-2H3. The van der Waals surface area contributed by atoms with Gasteiger partial charge in [0, 0.05) is 42.6 Å². The van der Waals surface area contributed by atoms with E-state index in [9.17, 15) is 0 Å². The van der Waals surface area contributed by atoms with Crippen LogP contribution in [-0.4, -0.2) is 31.8 Å². The Morgan fingerprint density at radius 3 is 2.95 bits per heavy atom. The maximum absolute atomic E-state index is 6.05. The quantitative estimate of drug-likeness (QED) is 0.794. The molecule has 0 saturated carbocycles. The van der Waals surface area contributed by atoms with Gasteiger partial charge in [-0.3, -0.25) is 0 Å². The largest absolute Gasteiger partial charge is 0.383 e. The molecule has 1 aromatic heterocycles. The molecular weight excluding hydrogens is 292 g/mol. The summed E-state index contributed by atoms with van der Waals surface area (Å²) in [5.74, 6) is 0. The van der Waals surface area contributed by atoms with E-state index < -0.39 is 0 Å². The Balaban J connectivity index is 1.93. The summed E-state index contributed by atoms with van der Waals surface area (Å²) in [6, 6.07) is 6.03. The molecule has 2 rings (SSSR count). The average Bonchev–Trinajstić information content (AvgIpc) is 2.90. The summed E-state index contributed by atoms with van der Waals surface area (Å²) < 4.78 is 4.99. The van der Waals surface area contributed by atoms with Gasteiger partial charge < -0.3 is 10.1 Å². The number of methoxy groups -OCH3 is 1. The molecular formula is C15H19ClN2OS. The van der Waals surface area contributed by atoms with E-state index in [0.29, 0.717) is 0 Å². The third-order valence-electron chi connectivity index (χ3n) is 3.00. The summed E-state index contributed by atoms with van der Waals surface area (Å²) in [5, 5.41) is 7.38. The molecule has 1 aromatic carbocycles. The van der Waals surface area contributed by atoms with Crippen molar-refractivity contribution in [2.24, 2.45) is 0 Å². The second-order valence-corrected chi connectivity index (χ2v) is 5.93. The summed E-state index contributed by atoms with van der Waals surface area (Å²) >= 11 is 7.75. The van der Waals surface area contributed by atoms with E-state index in [2.05, 4.69) is 21.7 Å².